The van der Waals surface area contributed by atoms with Gasteiger partial charge in [0.05, 0.1) is 6.42 Å². The second-order valence-corrected chi connectivity index (χ2v) is 4.61. The van der Waals surface area contributed by atoms with Crippen LogP contribution in [0.2, 0.25) is 5.02 Å². The summed E-state index contributed by atoms with van der Waals surface area (Å²) in [6.45, 7) is 1.50. The maximum atomic E-state index is 11.8. The van der Waals surface area contributed by atoms with E-state index in [4.69, 9.17) is 22.1 Å². The van der Waals surface area contributed by atoms with Gasteiger partial charge in [-0.05, 0) is 25.1 Å². The minimum atomic E-state index is -0.968. The van der Waals surface area contributed by atoms with Gasteiger partial charge in [0.15, 0.2) is 6.10 Å². The quantitative estimate of drug-likeness (QED) is 0.687. The Labute approximate surface area is 126 Å². The molecule has 0 radical (unpaired) electrons. The van der Waals surface area contributed by atoms with Crippen molar-refractivity contribution in [3.8, 4) is 0 Å². The first-order valence-electron chi connectivity index (χ1n) is 6.17. The Kier molecular flexibility index (Phi) is 6.48. The number of primary amides is 1. The molecule has 0 fully saturated rings. The van der Waals surface area contributed by atoms with E-state index in [0.29, 0.717) is 10.7 Å². The molecule has 8 heteroatoms. The van der Waals surface area contributed by atoms with Gasteiger partial charge in [-0.25, -0.2) is 4.79 Å². The lowest BCUT2D eigenvalue weighted by atomic mass is 10.3. The van der Waals surface area contributed by atoms with Gasteiger partial charge in [-0.3, -0.25) is 9.59 Å². The van der Waals surface area contributed by atoms with Gasteiger partial charge in [0.25, 0.3) is 5.91 Å². The Bertz CT molecular complexity index is 536. The van der Waals surface area contributed by atoms with Crippen LogP contribution < -0.4 is 16.4 Å². The van der Waals surface area contributed by atoms with Gasteiger partial charge in [0.1, 0.15) is 0 Å². The standard InChI is InChI=1S/C13H16ClN3O4/c1-8(21-11(18)5-6-16-13(15)20)12(19)17-10-4-2-3-9(14)7-10/h2-4,7-8H,5-6H2,1H3,(H,17,19)(H3,15,16,20)/t8-/m1/s1. The van der Waals surface area contributed by atoms with Gasteiger partial charge in [0.2, 0.25) is 0 Å². The number of benzene rings is 1. The smallest absolute Gasteiger partial charge is 0.312 e. The summed E-state index contributed by atoms with van der Waals surface area (Å²) < 4.78 is 4.92. The molecule has 0 aliphatic heterocycles. The third kappa shape index (κ3) is 6.62. The minimum Gasteiger partial charge on any atom is -0.452 e. The van der Waals surface area contributed by atoms with E-state index in [1.54, 1.807) is 24.3 Å². The fraction of sp³-hybridized carbons (Fsp3) is 0.308. The summed E-state index contributed by atoms with van der Waals surface area (Å²) in [4.78, 5) is 33.7. The molecule has 7 nitrogen and oxygen atoms in total. The molecule has 0 aromatic heterocycles. The first kappa shape index (κ1) is 16.8. The molecule has 1 aromatic carbocycles. The molecule has 0 aliphatic rings. The molecule has 0 saturated heterocycles. The molecule has 0 bridgehead atoms. The summed E-state index contributed by atoms with van der Waals surface area (Å²) in [5.74, 6) is -1.09. The van der Waals surface area contributed by atoms with E-state index in [2.05, 4.69) is 10.6 Å². The number of esters is 1. The van der Waals surface area contributed by atoms with Crippen molar-refractivity contribution in [1.82, 2.24) is 5.32 Å². The normalized spacial score (nSPS) is 11.3. The van der Waals surface area contributed by atoms with Gasteiger partial charge < -0.3 is 21.1 Å². The fourth-order valence-electron chi connectivity index (χ4n) is 1.41. The molecule has 0 saturated carbocycles. The Hall–Kier alpha value is -2.28. The van der Waals surface area contributed by atoms with Crippen LogP contribution in [-0.4, -0.2) is 30.6 Å². The summed E-state index contributed by atoms with van der Waals surface area (Å²) in [5, 5.41) is 5.30. The van der Waals surface area contributed by atoms with Crippen molar-refractivity contribution < 1.29 is 19.1 Å². The molecule has 0 aliphatic carbocycles. The Morgan fingerprint density at radius 2 is 2.10 bits per heavy atom. The lowest BCUT2D eigenvalue weighted by Crippen LogP contribution is -2.33. The number of urea groups is 1. The first-order chi connectivity index (χ1) is 9.88. The molecular formula is C13H16ClN3O4. The number of hydrogen-bond donors (Lipinski definition) is 3. The minimum absolute atomic E-state index is 0.0524. The van der Waals surface area contributed by atoms with E-state index in [0.717, 1.165) is 0 Å². The zero-order valence-electron chi connectivity index (χ0n) is 11.4. The molecule has 0 heterocycles. The Morgan fingerprint density at radius 3 is 2.71 bits per heavy atom. The molecule has 4 N–H and O–H groups in total. The highest BCUT2D eigenvalue weighted by molar-refractivity contribution is 6.30. The van der Waals surface area contributed by atoms with E-state index in [9.17, 15) is 14.4 Å². The lowest BCUT2D eigenvalue weighted by molar-refractivity contribution is -0.153. The van der Waals surface area contributed by atoms with Crippen LogP contribution in [0.25, 0.3) is 0 Å². The predicted octanol–water partition coefficient (Wildman–Crippen LogP) is 1.27. The van der Waals surface area contributed by atoms with Gasteiger partial charge >= 0.3 is 12.0 Å². The van der Waals surface area contributed by atoms with E-state index in [1.165, 1.54) is 6.92 Å². The number of carbonyl (C=O) groups is 3. The number of anilines is 1. The van der Waals surface area contributed by atoms with Crippen molar-refractivity contribution in [3.63, 3.8) is 0 Å². The average Bonchev–Trinajstić information content (AvgIpc) is 2.38. The molecule has 114 valence electrons. The third-order valence-electron chi connectivity index (χ3n) is 2.40. The van der Waals surface area contributed by atoms with Crippen LogP contribution in [0.1, 0.15) is 13.3 Å². The summed E-state index contributed by atoms with van der Waals surface area (Å²) in [7, 11) is 0. The number of rotatable bonds is 6. The van der Waals surface area contributed by atoms with E-state index in [1.807, 2.05) is 0 Å². The van der Waals surface area contributed by atoms with Crippen molar-refractivity contribution in [2.24, 2.45) is 5.73 Å². The van der Waals surface area contributed by atoms with Crippen LogP contribution >= 0.6 is 11.6 Å². The zero-order chi connectivity index (χ0) is 15.8. The van der Waals surface area contributed by atoms with Gasteiger partial charge in [-0.1, -0.05) is 17.7 Å². The highest BCUT2D eigenvalue weighted by Crippen LogP contribution is 2.15. The third-order valence-corrected chi connectivity index (χ3v) is 2.63. The Balaban J connectivity index is 2.40. The molecule has 1 aromatic rings. The predicted molar refractivity (Wildman–Crippen MR) is 77.8 cm³/mol. The molecule has 3 amide bonds. The van der Waals surface area contributed by atoms with Crippen LogP contribution in [0.4, 0.5) is 10.5 Å². The maximum Gasteiger partial charge on any atom is 0.312 e. The van der Waals surface area contributed by atoms with Gasteiger partial charge in [-0.15, -0.1) is 0 Å². The molecule has 21 heavy (non-hydrogen) atoms. The van der Waals surface area contributed by atoms with Gasteiger partial charge in [-0.2, -0.15) is 0 Å². The summed E-state index contributed by atoms with van der Waals surface area (Å²) in [6.07, 6.45) is -1.04. The molecular weight excluding hydrogens is 298 g/mol. The second kappa shape index (κ2) is 8.11. The summed E-state index contributed by atoms with van der Waals surface area (Å²) in [5.41, 5.74) is 5.35. The van der Waals surface area contributed by atoms with Gasteiger partial charge in [0, 0.05) is 17.3 Å². The fourth-order valence-corrected chi connectivity index (χ4v) is 1.60. The number of nitrogens with one attached hydrogen (secondary N) is 2. The number of halogens is 1. The van der Waals surface area contributed by atoms with Crippen LogP contribution in [-0.2, 0) is 14.3 Å². The van der Waals surface area contributed by atoms with Crippen molar-refractivity contribution in [2.45, 2.75) is 19.4 Å². The van der Waals surface area contributed by atoms with Crippen molar-refractivity contribution in [2.75, 3.05) is 11.9 Å². The molecule has 1 atom stereocenters. The topological polar surface area (TPSA) is 111 Å². The van der Waals surface area contributed by atoms with E-state index < -0.39 is 24.0 Å². The number of hydrogen-bond acceptors (Lipinski definition) is 4. The van der Waals surface area contributed by atoms with E-state index >= 15 is 0 Å². The lowest BCUT2D eigenvalue weighted by Gasteiger charge is -2.13. The van der Waals surface area contributed by atoms with Crippen LogP contribution in [0, 0.1) is 0 Å². The average molecular weight is 314 g/mol. The Morgan fingerprint density at radius 1 is 1.38 bits per heavy atom. The highest BCUT2D eigenvalue weighted by atomic mass is 35.5. The number of ether oxygens (including phenoxy) is 1. The summed E-state index contributed by atoms with van der Waals surface area (Å²) >= 11 is 5.79. The maximum absolute atomic E-state index is 11.8. The monoisotopic (exact) mass is 313 g/mol. The van der Waals surface area contributed by atoms with E-state index in [-0.39, 0.29) is 13.0 Å². The second-order valence-electron chi connectivity index (χ2n) is 4.17. The number of carbonyl (C=O) groups excluding carboxylic acids is 3. The SMILES string of the molecule is C[C@@H](OC(=O)CCNC(N)=O)C(=O)Nc1cccc(Cl)c1. The molecule has 0 unspecified atom stereocenters. The number of nitrogens with two attached hydrogens (primary N) is 1. The molecule has 0 spiro atoms. The zero-order valence-corrected chi connectivity index (χ0v) is 12.1. The largest absolute Gasteiger partial charge is 0.452 e. The van der Waals surface area contributed by atoms with Crippen LogP contribution in [0.15, 0.2) is 24.3 Å². The van der Waals surface area contributed by atoms with Crippen molar-refractivity contribution in [3.05, 3.63) is 29.3 Å². The van der Waals surface area contributed by atoms with Crippen LogP contribution in [0.3, 0.4) is 0 Å². The summed E-state index contributed by atoms with van der Waals surface area (Å²) in [6, 6.07) is 5.87. The van der Waals surface area contributed by atoms with Crippen molar-refractivity contribution in [1.29, 1.82) is 0 Å². The number of amides is 3. The van der Waals surface area contributed by atoms with Crippen LogP contribution in [0.5, 0.6) is 0 Å². The highest BCUT2D eigenvalue weighted by Gasteiger charge is 2.17. The first-order valence-corrected chi connectivity index (χ1v) is 6.55. The molecule has 1 rings (SSSR count). The van der Waals surface area contributed by atoms with Crippen molar-refractivity contribution >= 4 is 35.2 Å².